The first kappa shape index (κ1) is 13.4. The molecule has 0 aliphatic heterocycles. The summed E-state index contributed by atoms with van der Waals surface area (Å²) in [6.45, 7) is 0. The van der Waals surface area contributed by atoms with Crippen molar-refractivity contribution in [2.45, 2.75) is 12.1 Å². The Morgan fingerprint density at radius 1 is 1.37 bits per heavy atom. The maximum atomic E-state index is 13.1. The van der Waals surface area contributed by atoms with Crippen molar-refractivity contribution >= 4 is 16.9 Å². The van der Waals surface area contributed by atoms with Crippen LogP contribution in [0.2, 0.25) is 0 Å². The predicted molar refractivity (Wildman–Crippen MR) is 59.1 cm³/mol. The van der Waals surface area contributed by atoms with Crippen LogP contribution in [0.25, 0.3) is 10.9 Å². The van der Waals surface area contributed by atoms with Gasteiger partial charge in [0.05, 0.1) is 7.11 Å². The molecule has 0 saturated heterocycles. The molecule has 0 saturated carbocycles. The third-order valence-electron chi connectivity index (χ3n) is 2.75. The van der Waals surface area contributed by atoms with Gasteiger partial charge in [-0.05, 0) is 18.2 Å². The fraction of sp³-hybridized carbons (Fsp3) is 0.250. The minimum Gasteiger partial charge on any atom is -0.468 e. The molecule has 1 atom stereocenters. The maximum Gasteiger partial charge on any atom is 0.406 e. The Bertz CT molecular complexity index is 618. The number of hydrogen-bond donors (Lipinski definition) is 1. The van der Waals surface area contributed by atoms with Crippen LogP contribution < -0.4 is 0 Å². The molecule has 0 radical (unpaired) electrons. The van der Waals surface area contributed by atoms with Crippen molar-refractivity contribution in [3.63, 3.8) is 0 Å². The molecule has 0 aliphatic carbocycles. The molecule has 0 spiro atoms. The van der Waals surface area contributed by atoms with E-state index in [2.05, 4.69) is 9.72 Å². The maximum absolute atomic E-state index is 13.1. The van der Waals surface area contributed by atoms with Crippen molar-refractivity contribution in [1.82, 2.24) is 4.98 Å². The average Bonchev–Trinajstić information content (AvgIpc) is 2.70. The lowest BCUT2D eigenvalue weighted by Gasteiger charge is -2.17. The molecular weight excluding hydrogens is 266 g/mol. The van der Waals surface area contributed by atoms with Gasteiger partial charge < -0.3 is 9.72 Å². The van der Waals surface area contributed by atoms with E-state index in [1.807, 2.05) is 0 Å². The average molecular weight is 275 g/mol. The first-order valence-corrected chi connectivity index (χ1v) is 5.25. The molecule has 19 heavy (non-hydrogen) atoms. The van der Waals surface area contributed by atoms with Crippen LogP contribution >= 0.6 is 0 Å². The number of halogens is 4. The van der Waals surface area contributed by atoms with E-state index in [4.69, 9.17) is 0 Å². The van der Waals surface area contributed by atoms with Crippen molar-refractivity contribution < 1.29 is 27.1 Å². The van der Waals surface area contributed by atoms with Crippen LogP contribution in [0.3, 0.4) is 0 Å². The van der Waals surface area contributed by atoms with Gasteiger partial charge in [-0.1, -0.05) is 0 Å². The van der Waals surface area contributed by atoms with Crippen LogP contribution in [0.5, 0.6) is 0 Å². The summed E-state index contributed by atoms with van der Waals surface area (Å²) in [7, 11) is 0.872. The predicted octanol–water partition coefficient (Wildman–Crippen LogP) is 3.13. The quantitative estimate of drug-likeness (QED) is 0.676. The molecule has 0 aliphatic rings. The van der Waals surface area contributed by atoms with Gasteiger partial charge in [-0.3, -0.25) is 4.79 Å². The highest BCUT2D eigenvalue weighted by molar-refractivity contribution is 5.90. The van der Waals surface area contributed by atoms with Gasteiger partial charge in [0, 0.05) is 22.7 Å². The Kier molecular flexibility index (Phi) is 3.21. The molecule has 3 nitrogen and oxygen atoms in total. The Balaban J connectivity index is 2.63. The SMILES string of the molecule is COC(=O)[C@@H](c1c[nH]c2ccc(F)cc12)C(F)(F)F. The normalized spacial score (nSPS) is 13.5. The van der Waals surface area contributed by atoms with E-state index in [9.17, 15) is 22.4 Å². The second-order valence-electron chi connectivity index (χ2n) is 3.93. The zero-order valence-electron chi connectivity index (χ0n) is 9.72. The zero-order chi connectivity index (χ0) is 14.2. The Morgan fingerprint density at radius 3 is 2.63 bits per heavy atom. The number of hydrogen-bond acceptors (Lipinski definition) is 2. The lowest BCUT2D eigenvalue weighted by atomic mass is 9.98. The van der Waals surface area contributed by atoms with Gasteiger partial charge in [-0.25, -0.2) is 4.39 Å². The topological polar surface area (TPSA) is 42.1 Å². The second kappa shape index (κ2) is 4.56. The first-order valence-electron chi connectivity index (χ1n) is 5.25. The number of H-pyrrole nitrogens is 1. The number of carbonyl (C=O) groups is 1. The summed E-state index contributed by atoms with van der Waals surface area (Å²) < 4.78 is 56.1. The highest BCUT2D eigenvalue weighted by Crippen LogP contribution is 2.39. The number of fused-ring (bicyclic) bond motifs is 1. The molecule has 0 unspecified atom stereocenters. The fourth-order valence-electron chi connectivity index (χ4n) is 1.91. The summed E-state index contributed by atoms with van der Waals surface area (Å²) in [5.74, 6) is -4.55. The van der Waals surface area contributed by atoms with Crippen LogP contribution in [0, 0.1) is 5.82 Å². The van der Waals surface area contributed by atoms with E-state index in [1.165, 1.54) is 6.07 Å². The van der Waals surface area contributed by atoms with E-state index < -0.39 is 23.9 Å². The molecule has 102 valence electrons. The lowest BCUT2D eigenvalue weighted by Crippen LogP contribution is -2.29. The molecule has 0 bridgehead atoms. The third kappa shape index (κ3) is 2.40. The van der Waals surface area contributed by atoms with Gasteiger partial charge in [0.1, 0.15) is 5.82 Å². The van der Waals surface area contributed by atoms with E-state index in [1.54, 1.807) is 0 Å². The second-order valence-corrected chi connectivity index (χ2v) is 3.93. The first-order chi connectivity index (χ1) is 8.84. The number of methoxy groups -OCH3 is 1. The number of ether oxygens (including phenoxy) is 1. The van der Waals surface area contributed by atoms with E-state index in [-0.39, 0.29) is 10.9 Å². The Hall–Kier alpha value is -2.05. The van der Waals surface area contributed by atoms with E-state index >= 15 is 0 Å². The smallest absolute Gasteiger partial charge is 0.406 e. The van der Waals surface area contributed by atoms with Crippen molar-refractivity contribution in [2.75, 3.05) is 7.11 Å². The zero-order valence-corrected chi connectivity index (χ0v) is 9.72. The number of alkyl halides is 3. The molecule has 0 fully saturated rings. The minimum atomic E-state index is -4.81. The molecule has 1 aromatic carbocycles. The van der Waals surface area contributed by atoms with Gasteiger partial charge >= 0.3 is 12.1 Å². The number of aromatic nitrogens is 1. The van der Waals surface area contributed by atoms with E-state index in [0.29, 0.717) is 5.52 Å². The standard InChI is InChI=1S/C12H9F4NO2/c1-19-11(18)10(12(14,15)16)8-5-17-9-3-2-6(13)4-7(8)9/h2-5,10,17H,1H3/t10-/m1/s1. The van der Waals surface area contributed by atoms with Gasteiger partial charge in [0.25, 0.3) is 0 Å². The number of nitrogens with one attached hydrogen (secondary N) is 1. The molecule has 2 aromatic rings. The van der Waals surface area contributed by atoms with Crippen molar-refractivity contribution in [3.05, 3.63) is 35.8 Å². The highest BCUT2D eigenvalue weighted by atomic mass is 19.4. The Morgan fingerprint density at radius 2 is 2.05 bits per heavy atom. The number of aromatic amines is 1. The number of carbonyl (C=O) groups excluding carboxylic acids is 1. The molecule has 0 amide bonds. The molecule has 1 aromatic heterocycles. The van der Waals surface area contributed by atoms with Crippen LogP contribution in [-0.2, 0) is 9.53 Å². The van der Waals surface area contributed by atoms with Crippen LogP contribution in [-0.4, -0.2) is 24.2 Å². The monoisotopic (exact) mass is 275 g/mol. The molecular formula is C12H9F4NO2. The fourth-order valence-corrected chi connectivity index (χ4v) is 1.91. The van der Waals surface area contributed by atoms with Crippen LogP contribution in [0.15, 0.2) is 24.4 Å². The van der Waals surface area contributed by atoms with Crippen molar-refractivity contribution in [3.8, 4) is 0 Å². The number of esters is 1. The lowest BCUT2D eigenvalue weighted by molar-refractivity contribution is -0.179. The molecule has 1 N–H and O–H groups in total. The summed E-state index contributed by atoms with van der Waals surface area (Å²) in [5, 5.41) is 0.00715. The summed E-state index contributed by atoms with van der Waals surface area (Å²) in [6, 6.07) is 3.37. The van der Waals surface area contributed by atoms with E-state index in [0.717, 1.165) is 25.4 Å². The van der Waals surface area contributed by atoms with Gasteiger partial charge in [0.2, 0.25) is 0 Å². The highest BCUT2D eigenvalue weighted by Gasteiger charge is 2.48. The summed E-state index contributed by atoms with van der Waals surface area (Å²) in [4.78, 5) is 13.9. The molecule has 7 heteroatoms. The van der Waals surface area contributed by atoms with Crippen LogP contribution in [0.1, 0.15) is 11.5 Å². The summed E-state index contributed by atoms with van der Waals surface area (Å²) >= 11 is 0. The number of benzene rings is 1. The Labute approximate surface area is 105 Å². The van der Waals surface area contributed by atoms with Crippen LogP contribution in [0.4, 0.5) is 17.6 Å². The van der Waals surface area contributed by atoms with Gasteiger partial charge in [0.15, 0.2) is 5.92 Å². The molecule has 2 rings (SSSR count). The minimum absolute atomic E-state index is 0.00715. The van der Waals surface area contributed by atoms with Gasteiger partial charge in [-0.2, -0.15) is 13.2 Å². The number of rotatable bonds is 2. The third-order valence-corrected chi connectivity index (χ3v) is 2.75. The largest absolute Gasteiger partial charge is 0.468 e. The van der Waals surface area contributed by atoms with Crippen molar-refractivity contribution in [2.24, 2.45) is 0 Å². The van der Waals surface area contributed by atoms with Crippen molar-refractivity contribution in [1.29, 1.82) is 0 Å². The summed E-state index contributed by atoms with van der Waals surface area (Å²) in [6.07, 6.45) is -3.77. The van der Waals surface area contributed by atoms with Gasteiger partial charge in [-0.15, -0.1) is 0 Å². The summed E-state index contributed by atoms with van der Waals surface area (Å²) in [5.41, 5.74) is -0.0385. The molecule has 1 heterocycles.